The molecule has 0 N–H and O–H groups in total. The molecule has 0 spiro atoms. The van der Waals surface area contributed by atoms with E-state index in [9.17, 15) is 22.5 Å². The molecule has 1 atom stereocenters. The van der Waals surface area contributed by atoms with Gasteiger partial charge in [-0.2, -0.15) is 0 Å². The summed E-state index contributed by atoms with van der Waals surface area (Å²) in [7, 11) is 0. The Bertz CT molecular complexity index is 334. The highest BCUT2D eigenvalue weighted by Crippen LogP contribution is 2.24. The highest BCUT2D eigenvalue weighted by molar-refractivity contribution is 6.58. The maximum atomic E-state index is 12.2. The topological polar surface area (TPSA) is 40.6 Å². The van der Waals surface area contributed by atoms with E-state index in [1.807, 2.05) is 0 Å². The molecule has 16 heavy (non-hydrogen) atoms. The van der Waals surface area contributed by atoms with Crippen molar-refractivity contribution >= 4 is 18.8 Å². The number of fused-ring (bicyclic) bond motifs is 1. The van der Waals surface area contributed by atoms with Crippen LogP contribution in [-0.2, 0) is 9.59 Å². The molecule has 2 aliphatic rings. The van der Waals surface area contributed by atoms with Crippen molar-refractivity contribution in [2.24, 2.45) is 0 Å². The monoisotopic (exact) mass is 235 g/mol. The van der Waals surface area contributed by atoms with Gasteiger partial charge in [-0.15, -0.1) is 0 Å². The lowest BCUT2D eigenvalue weighted by atomic mass is 9.90. The van der Waals surface area contributed by atoms with Gasteiger partial charge in [0, 0.05) is 6.54 Å². The number of halogens is 3. The number of hydrogen-bond acceptors (Lipinski definition) is 2. The first-order valence-corrected chi connectivity index (χ1v) is 5.18. The van der Waals surface area contributed by atoms with Crippen molar-refractivity contribution in [1.82, 2.24) is 9.80 Å². The number of nitrogens with zero attached hydrogens (tertiary/aromatic N) is 2. The molecule has 2 heterocycles. The van der Waals surface area contributed by atoms with Crippen molar-refractivity contribution in [1.29, 1.82) is 0 Å². The molecule has 0 aromatic carbocycles. The van der Waals surface area contributed by atoms with Crippen LogP contribution in [-0.4, -0.2) is 54.2 Å². The summed E-state index contributed by atoms with van der Waals surface area (Å²) in [6.07, 6.45) is -0.103. The summed E-state index contributed by atoms with van der Waals surface area (Å²) in [5.41, 5.74) is 0. The molecule has 0 bridgehead atoms. The van der Waals surface area contributed by atoms with E-state index in [2.05, 4.69) is 0 Å². The fraction of sp³-hybridized carbons (Fsp3) is 0.750. The van der Waals surface area contributed by atoms with Crippen molar-refractivity contribution in [2.75, 3.05) is 19.5 Å². The molecule has 1 unspecified atom stereocenters. The molecule has 0 aromatic rings. The quantitative estimate of drug-likeness (QED) is 0.641. The molecular formula is C8H11BF3N2O2-. The molecule has 0 aliphatic carbocycles. The minimum Gasteiger partial charge on any atom is -0.448 e. The first kappa shape index (κ1) is 11.3. The van der Waals surface area contributed by atoms with Gasteiger partial charge in [0.15, 0.2) is 0 Å². The average Bonchev–Trinajstić information content (AvgIpc) is 2.60. The lowest BCUT2D eigenvalue weighted by Crippen LogP contribution is -2.59. The van der Waals surface area contributed by atoms with Crippen LogP contribution < -0.4 is 0 Å². The summed E-state index contributed by atoms with van der Waals surface area (Å²) < 4.78 is 36.7. The van der Waals surface area contributed by atoms with Gasteiger partial charge < -0.3 is 22.7 Å². The summed E-state index contributed by atoms with van der Waals surface area (Å²) in [6, 6.07) is -0.653. The maximum absolute atomic E-state index is 12.2. The standard InChI is InChI=1S/C8H11BF3N2O2/c10-9(11,12)5-13-4-7(15)14-3-1-2-6(14)8(13)16/h6H,1-5H2/q-1. The van der Waals surface area contributed by atoms with E-state index in [0.29, 0.717) is 24.3 Å². The van der Waals surface area contributed by atoms with Crippen LogP contribution in [0.4, 0.5) is 12.9 Å². The van der Waals surface area contributed by atoms with E-state index >= 15 is 0 Å². The van der Waals surface area contributed by atoms with Crippen LogP contribution in [0.3, 0.4) is 0 Å². The van der Waals surface area contributed by atoms with E-state index < -0.39 is 31.9 Å². The molecule has 2 fully saturated rings. The van der Waals surface area contributed by atoms with Gasteiger partial charge in [-0.1, -0.05) is 0 Å². The lowest BCUT2D eigenvalue weighted by molar-refractivity contribution is -0.152. The maximum Gasteiger partial charge on any atom is 0.497 e. The molecule has 0 radical (unpaired) electrons. The smallest absolute Gasteiger partial charge is 0.448 e. The second kappa shape index (κ2) is 3.67. The van der Waals surface area contributed by atoms with Crippen molar-refractivity contribution in [3.05, 3.63) is 0 Å². The molecule has 4 nitrogen and oxygen atoms in total. The Morgan fingerprint density at radius 3 is 2.62 bits per heavy atom. The Hall–Kier alpha value is -1.21. The summed E-state index contributed by atoms with van der Waals surface area (Å²) in [5, 5.41) is 0. The Kier molecular flexibility index (Phi) is 2.59. The van der Waals surface area contributed by atoms with E-state index in [-0.39, 0.29) is 5.91 Å². The minimum absolute atomic E-state index is 0.373. The van der Waals surface area contributed by atoms with Gasteiger partial charge in [-0.05, 0) is 19.3 Å². The first-order valence-electron chi connectivity index (χ1n) is 5.18. The van der Waals surface area contributed by atoms with Crippen LogP contribution in [0, 0.1) is 0 Å². The zero-order valence-electron chi connectivity index (χ0n) is 8.54. The second-order valence-electron chi connectivity index (χ2n) is 4.17. The van der Waals surface area contributed by atoms with E-state index in [1.165, 1.54) is 4.90 Å². The molecule has 90 valence electrons. The third-order valence-corrected chi connectivity index (χ3v) is 2.92. The summed E-state index contributed by atoms with van der Waals surface area (Å²) in [5.74, 6) is -0.932. The molecule has 8 heteroatoms. The number of carbonyl (C=O) groups excluding carboxylic acids is 2. The predicted molar refractivity (Wildman–Crippen MR) is 50.4 cm³/mol. The lowest BCUT2D eigenvalue weighted by Gasteiger charge is -2.38. The van der Waals surface area contributed by atoms with Crippen LogP contribution in [0.15, 0.2) is 0 Å². The molecule has 0 saturated carbocycles. The predicted octanol–water partition coefficient (Wildman–Crippen LogP) is 0.206. The van der Waals surface area contributed by atoms with E-state index in [4.69, 9.17) is 0 Å². The normalized spacial score (nSPS) is 26.3. The fourth-order valence-electron chi connectivity index (χ4n) is 2.27. The summed E-state index contributed by atoms with van der Waals surface area (Å²) >= 11 is 0. The fourth-order valence-corrected chi connectivity index (χ4v) is 2.27. The van der Waals surface area contributed by atoms with Crippen LogP contribution in [0.25, 0.3) is 0 Å². The van der Waals surface area contributed by atoms with Crippen molar-refractivity contribution in [3.63, 3.8) is 0 Å². The SMILES string of the molecule is O=C1C2CCCN2C(=O)CN1C[B-](F)(F)F. The van der Waals surface area contributed by atoms with Crippen LogP contribution in [0.1, 0.15) is 12.8 Å². The number of piperazine rings is 1. The van der Waals surface area contributed by atoms with Gasteiger partial charge in [0.2, 0.25) is 11.8 Å². The van der Waals surface area contributed by atoms with Crippen molar-refractivity contribution < 1.29 is 22.5 Å². The number of amides is 2. The number of rotatable bonds is 2. The first-order chi connectivity index (χ1) is 7.38. The third-order valence-electron chi connectivity index (χ3n) is 2.92. The Labute approximate surface area is 90.4 Å². The number of carbonyl (C=O) groups is 2. The minimum atomic E-state index is -5.07. The summed E-state index contributed by atoms with van der Waals surface area (Å²) in [6.45, 7) is -5.02. The zero-order chi connectivity index (χ0) is 11.9. The molecular weight excluding hydrogens is 224 g/mol. The van der Waals surface area contributed by atoms with Gasteiger partial charge in [0.25, 0.3) is 0 Å². The van der Waals surface area contributed by atoms with Gasteiger partial charge >= 0.3 is 6.98 Å². The Morgan fingerprint density at radius 2 is 2.00 bits per heavy atom. The Morgan fingerprint density at radius 1 is 1.31 bits per heavy atom. The molecule has 2 rings (SSSR count). The highest BCUT2D eigenvalue weighted by atomic mass is 19.4. The van der Waals surface area contributed by atoms with E-state index in [1.54, 1.807) is 0 Å². The van der Waals surface area contributed by atoms with Crippen molar-refractivity contribution in [3.8, 4) is 0 Å². The van der Waals surface area contributed by atoms with Gasteiger partial charge in [0.05, 0.1) is 6.54 Å². The largest absolute Gasteiger partial charge is 0.497 e. The summed E-state index contributed by atoms with van der Waals surface area (Å²) in [4.78, 5) is 25.2. The van der Waals surface area contributed by atoms with Gasteiger partial charge in [0.1, 0.15) is 6.04 Å². The molecule has 2 aliphatic heterocycles. The molecule has 2 saturated heterocycles. The van der Waals surface area contributed by atoms with Gasteiger partial charge in [-0.25, -0.2) is 0 Å². The average molecular weight is 235 g/mol. The zero-order valence-corrected chi connectivity index (χ0v) is 8.54. The van der Waals surface area contributed by atoms with Crippen LogP contribution >= 0.6 is 0 Å². The van der Waals surface area contributed by atoms with Gasteiger partial charge in [-0.3, -0.25) is 9.59 Å². The number of hydrogen-bond donors (Lipinski definition) is 0. The highest BCUT2D eigenvalue weighted by Gasteiger charge is 2.43. The van der Waals surface area contributed by atoms with Crippen LogP contribution in [0.5, 0.6) is 0 Å². The van der Waals surface area contributed by atoms with Crippen molar-refractivity contribution in [2.45, 2.75) is 18.9 Å². The Balaban J connectivity index is 2.11. The molecule has 2 amide bonds. The van der Waals surface area contributed by atoms with Crippen LogP contribution in [0.2, 0.25) is 0 Å². The second-order valence-corrected chi connectivity index (χ2v) is 4.17. The molecule has 0 aromatic heterocycles. The van der Waals surface area contributed by atoms with E-state index in [0.717, 1.165) is 0 Å². The third kappa shape index (κ3) is 2.01.